The van der Waals surface area contributed by atoms with Gasteiger partial charge in [0.15, 0.2) is 0 Å². The number of rotatable bonds is 8. The number of nitriles is 1. The molecule has 0 fully saturated rings. The summed E-state index contributed by atoms with van der Waals surface area (Å²) in [6, 6.07) is 2.42. The van der Waals surface area contributed by atoms with Crippen molar-refractivity contribution in [2.75, 3.05) is 13.1 Å². The molecule has 5 nitrogen and oxygen atoms in total. The van der Waals surface area contributed by atoms with E-state index >= 15 is 0 Å². The maximum absolute atomic E-state index is 8.88. The molecule has 2 atom stereocenters. The first-order valence-corrected chi connectivity index (χ1v) is 7.34. The molecule has 0 saturated carbocycles. The van der Waals surface area contributed by atoms with Crippen molar-refractivity contribution >= 4 is 0 Å². The zero-order valence-electron chi connectivity index (χ0n) is 13.1. The molecule has 0 aromatic carbocycles. The van der Waals surface area contributed by atoms with Gasteiger partial charge < -0.3 is 5.73 Å². The molecule has 1 rings (SSSR count). The molecule has 0 saturated heterocycles. The summed E-state index contributed by atoms with van der Waals surface area (Å²) in [4.78, 5) is 2.33. The Morgan fingerprint density at radius 3 is 2.65 bits per heavy atom. The lowest BCUT2D eigenvalue weighted by Gasteiger charge is -2.35. The van der Waals surface area contributed by atoms with Crippen LogP contribution in [0.1, 0.15) is 45.2 Å². The van der Waals surface area contributed by atoms with Gasteiger partial charge in [0.1, 0.15) is 0 Å². The molecule has 0 bridgehead atoms. The van der Waals surface area contributed by atoms with Crippen molar-refractivity contribution in [2.24, 2.45) is 18.7 Å². The summed E-state index contributed by atoms with van der Waals surface area (Å²) in [6.45, 7) is 8.18. The topological polar surface area (TPSA) is 70.9 Å². The van der Waals surface area contributed by atoms with E-state index in [2.05, 4.69) is 36.8 Å². The number of aryl methyl sites for hydroxylation is 1. The third kappa shape index (κ3) is 4.62. The molecule has 0 spiro atoms. The Bertz CT molecular complexity index is 432. The number of hydrogen-bond donors (Lipinski definition) is 1. The molecule has 5 heteroatoms. The molecule has 1 heterocycles. The lowest BCUT2D eigenvalue weighted by atomic mass is 9.97. The number of nitrogens with zero attached hydrogens (tertiary/aromatic N) is 4. The van der Waals surface area contributed by atoms with Crippen molar-refractivity contribution in [3.8, 4) is 6.07 Å². The summed E-state index contributed by atoms with van der Waals surface area (Å²) in [5.74, 6) is 0.539. The Labute approximate surface area is 122 Å². The van der Waals surface area contributed by atoms with Crippen molar-refractivity contribution in [1.82, 2.24) is 14.7 Å². The minimum atomic E-state index is 0.0524. The summed E-state index contributed by atoms with van der Waals surface area (Å²) in [5.41, 5.74) is 7.48. The van der Waals surface area contributed by atoms with Gasteiger partial charge in [0.25, 0.3) is 0 Å². The molecule has 0 radical (unpaired) electrons. The fourth-order valence-corrected chi connectivity index (χ4v) is 2.55. The van der Waals surface area contributed by atoms with Crippen LogP contribution in [0.2, 0.25) is 0 Å². The van der Waals surface area contributed by atoms with E-state index in [1.165, 1.54) is 0 Å². The van der Waals surface area contributed by atoms with Gasteiger partial charge in [-0.2, -0.15) is 10.4 Å². The van der Waals surface area contributed by atoms with E-state index in [4.69, 9.17) is 11.0 Å². The molecule has 20 heavy (non-hydrogen) atoms. The Morgan fingerprint density at radius 1 is 1.50 bits per heavy atom. The Kier molecular flexibility index (Phi) is 6.69. The average molecular weight is 277 g/mol. The van der Waals surface area contributed by atoms with Crippen molar-refractivity contribution in [3.63, 3.8) is 0 Å². The second-order valence-electron chi connectivity index (χ2n) is 5.76. The van der Waals surface area contributed by atoms with Crippen molar-refractivity contribution in [3.05, 3.63) is 18.0 Å². The van der Waals surface area contributed by atoms with Gasteiger partial charge in [-0.25, -0.2) is 0 Å². The third-order valence-corrected chi connectivity index (χ3v) is 3.45. The fraction of sp³-hybridized carbons (Fsp3) is 0.733. The second-order valence-corrected chi connectivity index (χ2v) is 5.76. The quantitative estimate of drug-likeness (QED) is 0.789. The zero-order valence-corrected chi connectivity index (χ0v) is 13.1. The van der Waals surface area contributed by atoms with E-state index in [1.807, 2.05) is 24.1 Å². The lowest BCUT2D eigenvalue weighted by Crippen LogP contribution is -2.42. The molecule has 2 N–H and O–H groups in total. The summed E-state index contributed by atoms with van der Waals surface area (Å²) in [7, 11) is 1.92. The monoisotopic (exact) mass is 277 g/mol. The van der Waals surface area contributed by atoms with Gasteiger partial charge in [-0.1, -0.05) is 20.8 Å². The van der Waals surface area contributed by atoms with E-state index in [-0.39, 0.29) is 12.1 Å². The van der Waals surface area contributed by atoms with Crippen molar-refractivity contribution in [2.45, 2.75) is 45.7 Å². The van der Waals surface area contributed by atoms with Crippen LogP contribution in [0.25, 0.3) is 0 Å². The molecule has 0 aliphatic carbocycles. The van der Waals surface area contributed by atoms with Gasteiger partial charge in [-0.05, 0) is 12.3 Å². The van der Waals surface area contributed by atoms with Crippen LogP contribution in [0, 0.1) is 17.2 Å². The largest absolute Gasteiger partial charge is 0.326 e. The highest BCUT2D eigenvalue weighted by Gasteiger charge is 2.27. The van der Waals surface area contributed by atoms with E-state index in [0.717, 1.165) is 25.1 Å². The van der Waals surface area contributed by atoms with Crippen molar-refractivity contribution < 1.29 is 0 Å². The highest BCUT2D eigenvalue weighted by atomic mass is 15.3. The van der Waals surface area contributed by atoms with Crippen LogP contribution in [0.3, 0.4) is 0 Å². The third-order valence-electron chi connectivity index (χ3n) is 3.45. The molecule has 1 aromatic heterocycles. The summed E-state index contributed by atoms with van der Waals surface area (Å²) in [6.07, 6.45) is 5.35. The second kappa shape index (κ2) is 8.03. The standard InChI is InChI=1S/C15H27N5/c1-5-14(17)15(13-9-18-19(4)11-13)20(8-6-7-16)10-12(2)3/h9,11-12,14-15H,5-6,8,10,17H2,1-4H3. The van der Waals surface area contributed by atoms with E-state index in [1.54, 1.807) is 0 Å². The highest BCUT2D eigenvalue weighted by Crippen LogP contribution is 2.26. The molecular weight excluding hydrogens is 250 g/mol. The minimum Gasteiger partial charge on any atom is -0.326 e. The van der Waals surface area contributed by atoms with Gasteiger partial charge in [0, 0.05) is 44.4 Å². The first-order chi connectivity index (χ1) is 9.49. The average Bonchev–Trinajstić information content (AvgIpc) is 2.81. The first kappa shape index (κ1) is 16.7. The number of hydrogen-bond acceptors (Lipinski definition) is 4. The molecule has 2 unspecified atom stereocenters. The van der Waals surface area contributed by atoms with E-state index in [0.29, 0.717) is 12.3 Å². The van der Waals surface area contributed by atoms with Crippen LogP contribution in [0.5, 0.6) is 0 Å². The van der Waals surface area contributed by atoms with Crippen LogP contribution in [-0.2, 0) is 7.05 Å². The predicted molar refractivity (Wildman–Crippen MR) is 80.9 cm³/mol. The molecule has 112 valence electrons. The SMILES string of the molecule is CCC(N)C(c1cnn(C)c1)N(CCC#N)CC(C)C. The summed E-state index contributed by atoms with van der Waals surface area (Å²) in [5, 5.41) is 13.1. The molecule has 0 aliphatic rings. The van der Waals surface area contributed by atoms with Crippen molar-refractivity contribution in [1.29, 1.82) is 5.26 Å². The lowest BCUT2D eigenvalue weighted by molar-refractivity contribution is 0.154. The Hall–Kier alpha value is -1.38. The normalized spacial score (nSPS) is 14.5. The molecule has 0 aliphatic heterocycles. The van der Waals surface area contributed by atoms with Crippen LogP contribution in [-0.4, -0.2) is 33.8 Å². The van der Waals surface area contributed by atoms with Gasteiger partial charge in [0.05, 0.1) is 18.3 Å². The maximum Gasteiger partial charge on any atom is 0.0635 e. The smallest absolute Gasteiger partial charge is 0.0635 e. The Balaban J connectivity index is 3.00. The van der Waals surface area contributed by atoms with E-state index < -0.39 is 0 Å². The predicted octanol–water partition coefficient (Wildman–Crippen LogP) is 2.07. The first-order valence-electron chi connectivity index (χ1n) is 7.34. The van der Waals surface area contributed by atoms with Crippen LogP contribution < -0.4 is 5.73 Å². The number of nitrogens with two attached hydrogens (primary N) is 1. The maximum atomic E-state index is 8.88. The molecule has 0 amide bonds. The van der Waals surface area contributed by atoms with Gasteiger partial charge >= 0.3 is 0 Å². The Morgan fingerprint density at radius 2 is 2.20 bits per heavy atom. The zero-order chi connectivity index (χ0) is 15.1. The van der Waals surface area contributed by atoms with Crippen LogP contribution >= 0.6 is 0 Å². The van der Waals surface area contributed by atoms with Gasteiger partial charge in [0.2, 0.25) is 0 Å². The summed E-state index contributed by atoms with van der Waals surface area (Å²) < 4.78 is 1.81. The molecular formula is C15H27N5. The minimum absolute atomic E-state index is 0.0524. The summed E-state index contributed by atoms with van der Waals surface area (Å²) >= 11 is 0. The van der Waals surface area contributed by atoms with Crippen LogP contribution in [0.15, 0.2) is 12.4 Å². The van der Waals surface area contributed by atoms with Crippen LogP contribution in [0.4, 0.5) is 0 Å². The van der Waals surface area contributed by atoms with Gasteiger partial charge in [-0.15, -0.1) is 0 Å². The highest BCUT2D eigenvalue weighted by molar-refractivity contribution is 5.13. The molecule has 1 aromatic rings. The number of aromatic nitrogens is 2. The van der Waals surface area contributed by atoms with Gasteiger partial charge in [-0.3, -0.25) is 9.58 Å². The fourth-order valence-electron chi connectivity index (χ4n) is 2.55. The van der Waals surface area contributed by atoms with E-state index in [9.17, 15) is 0 Å².